The van der Waals surface area contributed by atoms with Crippen molar-refractivity contribution in [2.45, 2.75) is 116 Å². The number of amides is 2. The molecular formula is C21H40N2O2. The summed E-state index contributed by atoms with van der Waals surface area (Å²) in [6, 6.07) is -0.0301. The van der Waals surface area contributed by atoms with Crippen LogP contribution < -0.4 is 5.32 Å². The molecule has 0 aromatic rings. The molecule has 1 rings (SSSR count). The number of hydrogen-bond donors (Lipinski definition) is 1. The zero-order valence-corrected chi connectivity index (χ0v) is 16.8. The number of carbonyl (C=O) groups excluding carboxylic acids is 2. The van der Waals surface area contributed by atoms with Crippen LogP contribution in [0, 0.1) is 0 Å². The van der Waals surface area contributed by atoms with Crippen molar-refractivity contribution in [2.75, 3.05) is 6.54 Å². The molecule has 1 fully saturated rings. The summed E-state index contributed by atoms with van der Waals surface area (Å²) in [5.74, 6) is 0.217. The molecule has 0 aromatic heterocycles. The summed E-state index contributed by atoms with van der Waals surface area (Å²) >= 11 is 0. The van der Waals surface area contributed by atoms with Crippen LogP contribution in [-0.4, -0.2) is 35.3 Å². The lowest BCUT2D eigenvalue weighted by atomic mass is 10.1. The lowest BCUT2D eigenvalue weighted by molar-refractivity contribution is -0.138. The van der Waals surface area contributed by atoms with Gasteiger partial charge in [-0.15, -0.1) is 0 Å². The first-order valence-electron chi connectivity index (χ1n) is 10.7. The Balaban J connectivity index is 2.28. The minimum atomic E-state index is -0.235. The lowest BCUT2D eigenvalue weighted by Crippen LogP contribution is -2.48. The van der Waals surface area contributed by atoms with Crippen LogP contribution in [0.2, 0.25) is 0 Å². The van der Waals surface area contributed by atoms with Gasteiger partial charge in [0.25, 0.3) is 0 Å². The fraction of sp³-hybridized carbons (Fsp3) is 0.905. The molecule has 1 aliphatic heterocycles. The molecule has 1 saturated heterocycles. The fourth-order valence-corrected chi connectivity index (χ4v) is 3.65. The molecule has 2 amide bonds. The van der Waals surface area contributed by atoms with Gasteiger partial charge in [0.05, 0.1) is 0 Å². The molecule has 0 bridgehead atoms. The number of carbonyl (C=O) groups is 2. The minimum absolute atomic E-state index is 0.0554. The average Bonchev–Trinajstić information content (AvgIpc) is 3.08. The van der Waals surface area contributed by atoms with E-state index in [0.717, 1.165) is 45.1 Å². The van der Waals surface area contributed by atoms with E-state index in [4.69, 9.17) is 0 Å². The van der Waals surface area contributed by atoms with Gasteiger partial charge in [-0.3, -0.25) is 9.59 Å². The number of hydrogen-bond acceptors (Lipinski definition) is 2. The predicted molar refractivity (Wildman–Crippen MR) is 104 cm³/mol. The molecule has 146 valence electrons. The van der Waals surface area contributed by atoms with Gasteiger partial charge in [-0.25, -0.2) is 0 Å². The molecule has 1 aliphatic rings. The predicted octanol–water partition coefficient (Wildman–Crippen LogP) is 4.81. The number of likely N-dealkylation sites (tertiary alicyclic amines) is 1. The third-order valence-electron chi connectivity index (χ3n) is 5.25. The highest BCUT2D eigenvalue weighted by atomic mass is 16.2. The molecule has 0 saturated carbocycles. The van der Waals surface area contributed by atoms with Gasteiger partial charge in [0.15, 0.2) is 0 Å². The van der Waals surface area contributed by atoms with E-state index in [9.17, 15) is 9.59 Å². The van der Waals surface area contributed by atoms with Crippen molar-refractivity contribution in [3.8, 4) is 0 Å². The van der Waals surface area contributed by atoms with Crippen LogP contribution in [0.15, 0.2) is 0 Å². The maximum absolute atomic E-state index is 12.6. The van der Waals surface area contributed by atoms with Crippen LogP contribution in [0.25, 0.3) is 0 Å². The Hall–Kier alpha value is -1.06. The minimum Gasteiger partial charge on any atom is -0.352 e. The molecule has 2 atom stereocenters. The summed E-state index contributed by atoms with van der Waals surface area (Å²) in [4.78, 5) is 26.8. The van der Waals surface area contributed by atoms with Crippen molar-refractivity contribution in [3.05, 3.63) is 0 Å². The molecule has 4 heteroatoms. The Morgan fingerprint density at radius 1 is 1.00 bits per heavy atom. The molecular weight excluding hydrogens is 312 g/mol. The number of nitrogens with one attached hydrogen (secondary N) is 1. The molecule has 1 N–H and O–H groups in total. The molecule has 0 spiro atoms. The van der Waals surface area contributed by atoms with E-state index in [0.29, 0.717) is 6.42 Å². The third kappa shape index (κ3) is 8.73. The highest BCUT2D eigenvalue weighted by Gasteiger charge is 2.33. The number of nitrogens with zero attached hydrogens (tertiary/aromatic N) is 1. The van der Waals surface area contributed by atoms with Crippen molar-refractivity contribution in [3.63, 3.8) is 0 Å². The van der Waals surface area contributed by atoms with E-state index in [1.165, 1.54) is 38.5 Å². The number of rotatable bonds is 13. The summed E-state index contributed by atoms with van der Waals surface area (Å²) in [5, 5.41) is 3.14. The quantitative estimate of drug-likeness (QED) is 0.483. The van der Waals surface area contributed by atoms with Crippen molar-refractivity contribution in [2.24, 2.45) is 0 Å². The maximum Gasteiger partial charge on any atom is 0.243 e. The average molecular weight is 353 g/mol. The topological polar surface area (TPSA) is 49.4 Å². The van der Waals surface area contributed by atoms with Gasteiger partial charge < -0.3 is 10.2 Å². The van der Waals surface area contributed by atoms with E-state index in [2.05, 4.69) is 26.1 Å². The second kappa shape index (κ2) is 13.2. The van der Waals surface area contributed by atoms with Crippen molar-refractivity contribution in [1.82, 2.24) is 10.2 Å². The van der Waals surface area contributed by atoms with Gasteiger partial charge in [0.2, 0.25) is 11.8 Å². The van der Waals surface area contributed by atoms with Gasteiger partial charge in [0, 0.05) is 19.0 Å². The van der Waals surface area contributed by atoms with Crippen LogP contribution in [0.1, 0.15) is 104 Å². The van der Waals surface area contributed by atoms with Crippen molar-refractivity contribution >= 4 is 11.8 Å². The normalized spacial score (nSPS) is 18.4. The second-order valence-electron chi connectivity index (χ2n) is 7.67. The van der Waals surface area contributed by atoms with Crippen LogP contribution in [0.4, 0.5) is 0 Å². The molecule has 0 radical (unpaired) electrons. The fourth-order valence-electron chi connectivity index (χ4n) is 3.65. The van der Waals surface area contributed by atoms with Crippen molar-refractivity contribution < 1.29 is 9.59 Å². The van der Waals surface area contributed by atoms with Crippen LogP contribution >= 0.6 is 0 Å². The van der Waals surface area contributed by atoms with Gasteiger partial charge in [-0.05, 0) is 32.6 Å². The van der Waals surface area contributed by atoms with Crippen LogP contribution in [0.5, 0.6) is 0 Å². The summed E-state index contributed by atoms with van der Waals surface area (Å²) in [6.07, 6.45) is 14.2. The van der Waals surface area contributed by atoms with Gasteiger partial charge in [0.1, 0.15) is 6.04 Å². The Kier molecular flexibility index (Phi) is 11.6. The Labute approximate surface area is 155 Å². The van der Waals surface area contributed by atoms with Crippen LogP contribution in [-0.2, 0) is 9.59 Å². The summed E-state index contributed by atoms with van der Waals surface area (Å²) in [5.41, 5.74) is 0. The third-order valence-corrected chi connectivity index (χ3v) is 5.25. The zero-order chi connectivity index (χ0) is 18.5. The van der Waals surface area contributed by atoms with E-state index in [1.807, 2.05) is 4.90 Å². The molecule has 2 unspecified atom stereocenters. The summed E-state index contributed by atoms with van der Waals surface area (Å²) in [6.45, 7) is 7.21. The zero-order valence-electron chi connectivity index (χ0n) is 16.8. The van der Waals surface area contributed by atoms with Crippen LogP contribution in [0.3, 0.4) is 0 Å². The van der Waals surface area contributed by atoms with Gasteiger partial charge in [-0.2, -0.15) is 0 Å². The number of unbranched alkanes of at least 4 members (excludes halogenated alkanes) is 7. The summed E-state index contributed by atoms with van der Waals surface area (Å²) in [7, 11) is 0. The van der Waals surface area contributed by atoms with E-state index in [1.54, 1.807) is 0 Å². The monoisotopic (exact) mass is 352 g/mol. The van der Waals surface area contributed by atoms with Crippen molar-refractivity contribution in [1.29, 1.82) is 0 Å². The summed E-state index contributed by atoms with van der Waals surface area (Å²) < 4.78 is 0. The molecule has 0 aromatic carbocycles. The van der Waals surface area contributed by atoms with E-state index in [-0.39, 0.29) is 23.9 Å². The second-order valence-corrected chi connectivity index (χ2v) is 7.67. The standard InChI is InChI=1S/C21H40N2O2/c1-4-6-8-9-10-12-14-18(3)22-21(25)19-15-13-17-23(19)20(24)16-11-7-5-2/h18-19H,4-17H2,1-3H3,(H,22,25). The van der Waals surface area contributed by atoms with E-state index < -0.39 is 0 Å². The first-order valence-corrected chi connectivity index (χ1v) is 10.7. The van der Waals surface area contributed by atoms with E-state index >= 15 is 0 Å². The molecule has 25 heavy (non-hydrogen) atoms. The maximum atomic E-state index is 12.6. The Morgan fingerprint density at radius 2 is 1.64 bits per heavy atom. The highest BCUT2D eigenvalue weighted by molar-refractivity contribution is 5.88. The Morgan fingerprint density at radius 3 is 2.36 bits per heavy atom. The van der Waals surface area contributed by atoms with Gasteiger partial charge >= 0.3 is 0 Å². The Bertz CT molecular complexity index is 384. The molecule has 1 heterocycles. The molecule has 0 aliphatic carbocycles. The van der Waals surface area contributed by atoms with Gasteiger partial charge in [-0.1, -0.05) is 65.2 Å². The first-order chi connectivity index (χ1) is 12.1. The smallest absolute Gasteiger partial charge is 0.243 e. The molecule has 4 nitrogen and oxygen atoms in total. The first kappa shape index (κ1) is 22.0. The largest absolute Gasteiger partial charge is 0.352 e. The highest BCUT2D eigenvalue weighted by Crippen LogP contribution is 2.20. The lowest BCUT2D eigenvalue weighted by Gasteiger charge is -2.25. The SMILES string of the molecule is CCCCCCCCC(C)NC(=O)C1CCCN1C(=O)CCCCC.